The third kappa shape index (κ3) is 4.92. The number of benzene rings is 2. The molecule has 4 aromatic rings. The number of carbonyl (C=O) groups excluding carboxylic acids is 1. The molecular formula is C28H29N3O2. The van der Waals surface area contributed by atoms with E-state index in [1.54, 1.807) is 6.26 Å². The van der Waals surface area contributed by atoms with Crippen molar-refractivity contribution in [1.82, 2.24) is 14.5 Å². The van der Waals surface area contributed by atoms with E-state index in [-0.39, 0.29) is 12.5 Å². The van der Waals surface area contributed by atoms with Gasteiger partial charge < -0.3 is 13.9 Å². The summed E-state index contributed by atoms with van der Waals surface area (Å²) in [6.07, 6.45) is 11.3. The zero-order valence-corrected chi connectivity index (χ0v) is 18.8. The highest BCUT2D eigenvalue weighted by Gasteiger charge is 2.26. The van der Waals surface area contributed by atoms with Gasteiger partial charge in [0.05, 0.1) is 17.3 Å². The molecule has 1 aliphatic carbocycles. The van der Waals surface area contributed by atoms with Gasteiger partial charge in [0.1, 0.15) is 18.1 Å². The minimum absolute atomic E-state index is 0.140. The standard InChI is InChI=1S/C28H29N3O2/c32-28(30(23-12-5-2-6-13-23)20-22-10-3-1-4-11-22)21-31-26-16-8-7-15-25(26)29-27(31)18-17-24-14-9-19-33-24/h1,3-4,7-11,14-19,23H,2,5-6,12-13,20-21H2/b18-17+. The average Bonchev–Trinajstić information content (AvgIpc) is 3.50. The Balaban J connectivity index is 1.46. The molecule has 0 spiro atoms. The van der Waals surface area contributed by atoms with Crippen molar-refractivity contribution in [3.8, 4) is 0 Å². The van der Waals surface area contributed by atoms with Crippen molar-refractivity contribution in [1.29, 1.82) is 0 Å². The van der Waals surface area contributed by atoms with Crippen molar-refractivity contribution in [2.24, 2.45) is 0 Å². The fourth-order valence-corrected chi connectivity index (χ4v) is 4.75. The Kier molecular flexibility index (Phi) is 6.38. The number of nitrogens with zero attached hydrogens (tertiary/aromatic N) is 3. The molecule has 0 bridgehead atoms. The molecule has 1 aliphatic rings. The third-order valence-corrected chi connectivity index (χ3v) is 6.45. The van der Waals surface area contributed by atoms with Gasteiger partial charge in [-0.15, -0.1) is 0 Å². The van der Waals surface area contributed by atoms with Gasteiger partial charge >= 0.3 is 0 Å². The molecule has 0 radical (unpaired) electrons. The Morgan fingerprint density at radius 2 is 1.76 bits per heavy atom. The van der Waals surface area contributed by atoms with Crippen molar-refractivity contribution >= 4 is 29.1 Å². The van der Waals surface area contributed by atoms with E-state index in [4.69, 9.17) is 9.40 Å². The molecule has 33 heavy (non-hydrogen) atoms. The van der Waals surface area contributed by atoms with E-state index in [0.717, 1.165) is 35.5 Å². The van der Waals surface area contributed by atoms with Crippen LogP contribution in [0, 0.1) is 0 Å². The maximum atomic E-state index is 13.8. The molecule has 2 heterocycles. The minimum Gasteiger partial charge on any atom is -0.465 e. The van der Waals surface area contributed by atoms with Crippen LogP contribution in [0.1, 0.15) is 49.3 Å². The average molecular weight is 440 g/mol. The molecule has 1 saturated carbocycles. The Labute approximate surface area is 194 Å². The zero-order chi connectivity index (χ0) is 22.5. The van der Waals surface area contributed by atoms with Gasteiger partial charge in [-0.25, -0.2) is 4.98 Å². The summed E-state index contributed by atoms with van der Waals surface area (Å²) in [5.74, 6) is 1.65. The van der Waals surface area contributed by atoms with Crippen LogP contribution in [0.5, 0.6) is 0 Å². The lowest BCUT2D eigenvalue weighted by molar-refractivity contribution is -0.135. The first-order valence-corrected chi connectivity index (χ1v) is 11.8. The number of para-hydroxylation sites is 2. The van der Waals surface area contributed by atoms with Crippen LogP contribution in [-0.2, 0) is 17.9 Å². The van der Waals surface area contributed by atoms with Crippen LogP contribution in [0.15, 0.2) is 77.4 Å². The summed E-state index contributed by atoms with van der Waals surface area (Å²) in [5.41, 5.74) is 3.02. The van der Waals surface area contributed by atoms with Crippen LogP contribution in [0.4, 0.5) is 0 Å². The molecule has 0 unspecified atom stereocenters. The molecule has 5 heteroatoms. The number of fused-ring (bicyclic) bond motifs is 1. The van der Waals surface area contributed by atoms with E-state index in [0.29, 0.717) is 12.6 Å². The molecule has 0 N–H and O–H groups in total. The van der Waals surface area contributed by atoms with E-state index >= 15 is 0 Å². The summed E-state index contributed by atoms with van der Waals surface area (Å²) in [4.78, 5) is 20.7. The van der Waals surface area contributed by atoms with E-state index in [1.807, 2.05) is 71.3 Å². The van der Waals surface area contributed by atoms with Gasteiger partial charge in [-0.05, 0) is 54.8 Å². The molecule has 5 rings (SSSR count). The van der Waals surface area contributed by atoms with Gasteiger partial charge in [-0.2, -0.15) is 0 Å². The van der Waals surface area contributed by atoms with Crippen molar-refractivity contribution in [3.05, 3.63) is 90.1 Å². The molecule has 1 amide bonds. The van der Waals surface area contributed by atoms with E-state index < -0.39 is 0 Å². The van der Waals surface area contributed by atoms with Gasteiger partial charge in [0.25, 0.3) is 0 Å². The number of hydrogen-bond donors (Lipinski definition) is 0. The number of aromatic nitrogens is 2. The Hall–Kier alpha value is -3.60. The third-order valence-electron chi connectivity index (χ3n) is 6.45. The normalized spacial score (nSPS) is 14.8. The summed E-state index contributed by atoms with van der Waals surface area (Å²) in [5, 5.41) is 0. The lowest BCUT2D eigenvalue weighted by Crippen LogP contribution is -2.42. The summed E-state index contributed by atoms with van der Waals surface area (Å²) in [7, 11) is 0. The van der Waals surface area contributed by atoms with Crippen LogP contribution in [-0.4, -0.2) is 26.4 Å². The van der Waals surface area contributed by atoms with Crippen molar-refractivity contribution in [3.63, 3.8) is 0 Å². The number of carbonyl (C=O) groups is 1. The van der Waals surface area contributed by atoms with Crippen LogP contribution >= 0.6 is 0 Å². The SMILES string of the molecule is O=C(Cn1c(/C=C/c2ccco2)nc2ccccc21)N(Cc1ccccc1)C1CCCCC1. The first-order chi connectivity index (χ1) is 16.3. The second kappa shape index (κ2) is 9.90. The lowest BCUT2D eigenvalue weighted by Gasteiger charge is -2.35. The summed E-state index contributed by atoms with van der Waals surface area (Å²) >= 11 is 0. The number of imidazole rings is 1. The molecule has 2 aromatic heterocycles. The number of amides is 1. The quantitative estimate of drug-likeness (QED) is 0.346. The summed E-state index contributed by atoms with van der Waals surface area (Å²) < 4.78 is 7.46. The van der Waals surface area contributed by atoms with Crippen LogP contribution in [0.25, 0.3) is 23.2 Å². The van der Waals surface area contributed by atoms with E-state index in [2.05, 4.69) is 17.0 Å². The molecule has 0 saturated heterocycles. The molecule has 2 aromatic carbocycles. The highest BCUT2D eigenvalue weighted by molar-refractivity contribution is 5.83. The Morgan fingerprint density at radius 1 is 0.970 bits per heavy atom. The maximum absolute atomic E-state index is 13.8. The second-order valence-corrected chi connectivity index (χ2v) is 8.69. The first kappa shape index (κ1) is 21.3. The lowest BCUT2D eigenvalue weighted by atomic mass is 9.93. The van der Waals surface area contributed by atoms with E-state index in [9.17, 15) is 4.79 Å². The Bertz CT molecular complexity index is 1220. The summed E-state index contributed by atoms with van der Waals surface area (Å²) in [6.45, 7) is 0.913. The monoisotopic (exact) mass is 439 g/mol. The number of hydrogen-bond acceptors (Lipinski definition) is 3. The predicted molar refractivity (Wildman–Crippen MR) is 131 cm³/mol. The van der Waals surface area contributed by atoms with Crippen molar-refractivity contribution in [2.75, 3.05) is 0 Å². The summed E-state index contributed by atoms with van der Waals surface area (Å²) in [6, 6.07) is 22.4. The molecular weight excluding hydrogens is 410 g/mol. The topological polar surface area (TPSA) is 51.3 Å². The maximum Gasteiger partial charge on any atom is 0.243 e. The highest BCUT2D eigenvalue weighted by Crippen LogP contribution is 2.26. The van der Waals surface area contributed by atoms with Gasteiger partial charge in [-0.1, -0.05) is 61.7 Å². The predicted octanol–water partition coefficient (Wildman–Crippen LogP) is 6.16. The van der Waals surface area contributed by atoms with Gasteiger partial charge in [0.2, 0.25) is 5.91 Å². The number of furan rings is 1. The smallest absolute Gasteiger partial charge is 0.243 e. The molecule has 0 aliphatic heterocycles. The fourth-order valence-electron chi connectivity index (χ4n) is 4.75. The molecule has 1 fully saturated rings. The van der Waals surface area contributed by atoms with Gasteiger partial charge in [0.15, 0.2) is 0 Å². The van der Waals surface area contributed by atoms with Crippen molar-refractivity contribution in [2.45, 2.75) is 51.2 Å². The minimum atomic E-state index is 0.140. The first-order valence-electron chi connectivity index (χ1n) is 11.8. The van der Waals surface area contributed by atoms with E-state index in [1.165, 1.54) is 24.8 Å². The molecule has 0 atom stereocenters. The van der Waals surface area contributed by atoms with Crippen LogP contribution in [0.2, 0.25) is 0 Å². The largest absolute Gasteiger partial charge is 0.465 e. The van der Waals surface area contributed by atoms with Crippen LogP contribution < -0.4 is 0 Å². The Morgan fingerprint density at radius 3 is 2.55 bits per heavy atom. The van der Waals surface area contributed by atoms with Gasteiger partial charge in [0, 0.05) is 12.6 Å². The fraction of sp³-hybridized carbons (Fsp3) is 0.286. The number of rotatable bonds is 7. The van der Waals surface area contributed by atoms with Gasteiger partial charge in [-0.3, -0.25) is 4.79 Å². The van der Waals surface area contributed by atoms with Crippen LogP contribution in [0.3, 0.4) is 0 Å². The zero-order valence-electron chi connectivity index (χ0n) is 18.8. The molecule has 168 valence electrons. The second-order valence-electron chi connectivity index (χ2n) is 8.69. The van der Waals surface area contributed by atoms with Crippen molar-refractivity contribution < 1.29 is 9.21 Å². The highest BCUT2D eigenvalue weighted by atomic mass is 16.3. The molecule has 5 nitrogen and oxygen atoms in total.